The number of ether oxygens (including phenoxy) is 2. The maximum Gasteiger partial charge on any atom is 0.127 e. The van der Waals surface area contributed by atoms with Crippen LogP contribution in [0.15, 0.2) is 12.1 Å². The van der Waals surface area contributed by atoms with Gasteiger partial charge >= 0.3 is 0 Å². The Hall–Kier alpha value is -0.770. The van der Waals surface area contributed by atoms with Crippen LogP contribution in [0.3, 0.4) is 0 Å². The van der Waals surface area contributed by atoms with E-state index in [4.69, 9.17) is 21.1 Å². The summed E-state index contributed by atoms with van der Waals surface area (Å²) in [6, 6.07) is 4.03. The summed E-state index contributed by atoms with van der Waals surface area (Å²) in [5.41, 5.74) is 2.42. The Morgan fingerprint density at radius 2 is 2.20 bits per heavy atom. The first-order valence-electron chi connectivity index (χ1n) is 7.59. The molecule has 2 aliphatic rings. The first kappa shape index (κ1) is 14.2. The highest BCUT2D eigenvalue weighted by atomic mass is 35.5. The number of halogens is 1. The Balaban J connectivity index is 1.49. The van der Waals surface area contributed by atoms with Crippen molar-refractivity contribution in [2.24, 2.45) is 0 Å². The SMILES string of the molecule is Clc1cc2c(c(CNCCC3CCCCO3)c1)OCC2. The van der Waals surface area contributed by atoms with Crippen molar-refractivity contribution in [2.45, 2.75) is 44.8 Å². The minimum atomic E-state index is 0.442. The van der Waals surface area contributed by atoms with Crippen molar-refractivity contribution in [3.05, 3.63) is 28.3 Å². The van der Waals surface area contributed by atoms with Crippen LogP contribution in [0, 0.1) is 0 Å². The van der Waals surface area contributed by atoms with Crippen molar-refractivity contribution in [2.75, 3.05) is 19.8 Å². The molecular formula is C16H22ClNO2. The lowest BCUT2D eigenvalue weighted by molar-refractivity contribution is 0.0115. The molecule has 3 nitrogen and oxygen atoms in total. The van der Waals surface area contributed by atoms with Crippen LogP contribution in [0.2, 0.25) is 5.02 Å². The number of fused-ring (bicyclic) bond motifs is 1. The lowest BCUT2D eigenvalue weighted by atomic mass is 10.1. The average molecular weight is 296 g/mol. The lowest BCUT2D eigenvalue weighted by Gasteiger charge is -2.22. The highest BCUT2D eigenvalue weighted by molar-refractivity contribution is 6.30. The van der Waals surface area contributed by atoms with Crippen LogP contribution in [0.4, 0.5) is 0 Å². The van der Waals surface area contributed by atoms with Crippen LogP contribution in [0.25, 0.3) is 0 Å². The summed E-state index contributed by atoms with van der Waals surface area (Å²) in [6.45, 7) is 3.50. The zero-order valence-corrected chi connectivity index (χ0v) is 12.5. The fraction of sp³-hybridized carbons (Fsp3) is 0.625. The molecule has 0 bridgehead atoms. The smallest absolute Gasteiger partial charge is 0.127 e. The molecule has 0 aliphatic carbocycles. The molecule has 1 N–H and O–H groups in total. The molecule has 1 atom stereocenters. The van der Waals surface area contributed by atoms with Gasteiger partial charge in [0, 0.05) is 30.2 Å². The van der Waals surface area contributed by atoms with Crippen LogP contribution in [0.5, 0.6) is 5.75 Å². The summed E-state index contributed by atoms with van der Waals surface area (Å²) in [4.78, 5) is 0. The summed E-state index contributed by atoms with van der Waals surface area (Å²) in [7, 11) is 0. The van der Waals surface area contributed by atoms with Gasteiger partial charge in [0.2, 0.25) is 0 Å². The maximum atomic E-state index is 6.16. The second-order valence-corrected chi connectivity index (χ2v) is 6.04. The molecule has 0 aromatic heterocycles. The highest BCUT2D eigenvalue weighted by Crippen LogP contribution is 2.32. The minimum absolute atomic E-state index is 0.442. The van der Waals surface area contributed by atoms with Crippen molar-refractivity contribution in [1.29, 1.82) is 0 Å². The van der Waals surface area contributed by atoms with E-state index >= 15 is 0 Å². The molecule has 1 unspecified atom stereocenters. The molecule has 110 valence electrons. The van der Waals surface area contributed by atoms with Gasteiger partial charge in [-0.05, 0) is 49.9 Å². The van der Waals surface area contributed by atoms with E-state index in [1.807, 2.05) is 12.1 Å². The Morgan fingerprint density at radius 1 is 1.25 bits per heavy atom. The fourth-order valence-electron chi connectivity index (χ4n) is 3.00. The Kier molecular flexibility index (Phi) is 4.81. The Bertz CT molecular complexity index is 458. The third-order valence-corrected chi connectivity index (χ3v) is 4.28. The van der Waals surface area contributed by atoms with Crippen LogP contribution in [-0.4, -0.2) is 25.9 Å². The Morgan fingerprint density at radius 3 is 3.05 bits per heavy atom. The third kappa shape index (κ3) is 3.46. The van der Waals surface area contributed by atoms with Gasteiger partial charge in [-0.3, -0.25) is 0 Å². The molecule has 1 aromatic carbocycles. The number of hydrogen-bond donors (Lipinski definition) is 1. The highest BCUT2D eigenvalue weighted by Gasteiger charge is 2.17. The van der Waals surface area contributed by atoms with Crippen molar-refractivity contribution < 1.29 is 9.47 Å². The van der Waals surface area contributed by atoms with E-state index in [9.17, 15) is 0 Å². The van der Waals surface area contributed by atoms with Crippen molar-refractivity contribution in [3.8, 4) is 5.75 Å². The number of nitrogens with one attached hydrogen (secondary N) is 1. The van der Waals surface area contributed by atoms with Crippen LogP contribution in [0.1, 0.15) is 36.8 Å². The van der Waals surface area contributed by atoms with E-state index in [2.05, 4.69) is 5.32 Å². The second-order valence-electron chi connectivity index (χ2n) is 5.61. The lowest BCUT2D eigenvalue weighted by Crippen LogP contribution is -2.25. The van der Waals surface area contributed by atoms with Gasteiger partial charge in [-0.1, -0.05) is 11.6 Å². The third-order valence-electron chi connectivity index (χ3n) is 4.06. The molecule has 1 aromatic rings. The summed E-state index contributed by atoms with van der Waals surface area (Å²) in [5, 5.41) is 4.29. The van der Waals surface area contributed by atoms with E-state index in [-0.39, 0.29) is 0 Å². The average Bonchev–Trinajstić information content (AvgIpc) is 2.92. The minimum Gasteiger partial charge on any atom is -0.493 e. The van der Waals surface area contributed by atoms with Gasteiger partial charge in [0.25, 0.3) is 0 Å². The molecule has 4 heteroatoms. The summed E-state index contributed by atoms with van der Waals surface area (Å²) >= 11 is 6.16. The number of hydrogen-bond acceptors (Lipinski definition) is 3. The molecule has 3 rings (SSSR count). The van der Waals surface area contributed by atoms with Gasteiger partial charge < -0.3 is 14.8 Å². The molecule has 0 spiro atoms. The predicted octanol–water partition coefficient (Wildman–Crippen LogP) is 3.32. The first-order valence-corrected chi connectivity index (χ1v) is 7.97. The zero-order chi connectivity index (χ0) is 13.8. The van der Waals surface area contributed by atoms with Crippen molar-refractivity contribution in [1.82, 2.24) is 5.32 Å². The second kappa shape index (κ2) is 6.79. The van der Waals surface area contributed by atoms with E-state index in [0.29, 0.717) is 6.10 Å². The normalized spacial score (nSPS) is 21.6. The molecule has 1 saturated heterocycles. The van der Waals surface area contributed by atoms with Crippen LogP contribution in [-0.2, 0) is 17.7 Å². The summed E-state index contributed by atoms with van der Waals surface area (Å²) in [5.74, 6) is 1.04. The first-order chi connectivity index (χ1) is 9.83. The monoisotopic (exact) mass is 295 g/mol. The van der Waals surface area contributed by atoms with Gasteiger partial charge in [0.15, 0.2) is 0 Å². The van der Waals surface area contributed by atoms with Crippen LogP contribution >= 0.6 is 11.6 Å². The molecule has 2 heterocycles. The Labute approximate surface area is 125 Å². The summed E-state index contributed by atoms with van der Waals surface area (Å²) in [6.07, 6.45) is 6.23. The molecule has 0 amide bonds. The zero-order valence-electron chi connectivity index (χ0n) is 11.8. The van der Waals surface area contributed by atoms with E-state index in [1.165, 1.54) is 30.4 Å². The molecular weight excluding hydrogens is 274 g/mol. The molecule has 2 aliphatic heterocycles. The van der Waals surface area contributed by atoms with Gasteiger partial charge in [-0.25, -0.2) is 0 Å². The van der Waals surface area contributed by atoms with Crippen LogP contribution < -0.4 is 10.1 Å². The van der Waals surface area contributed by atoms with E-state index in [0.717, 1.165) is 49.9 Å². The van der Waals surface area contributed by atoms with Gasteiger partial charge in [0.05, 0.1) is 12.7 Å². The topological polar surface area (TPSA) is 30.5 Å². The fourth-order valence-corrected chi connectivity index (χ4v) is 3.26. The number of benzene rings is 1. The molecule has 0 radical (unpaired) electrons. The van der Waals surface area contributed by atoms with Crippen molar-refractivity contribution in [3.63, 3.8) is 0 Å². The molecule has 0 saturated carbocycles. The molecule has 20 heavy (non-hydrogen) atoms. The largest absolute Gasteiger partial charge is 0.493 e. The predicted molar refractivity (Wildman–Crippen MR) is 80.6 cm³/mol. The van der Waals surface area contributed by atoms with Gasteiger partial charge in [-0.15, -0.1) is 0 Å². The molecule has 1 fully saturated rings. The number of rotatable bonds is 5. The van der Waals surface area contributed by atoms with E-state index in [1.54, 1.807) is 0 Å². The standard InChI is InChI=1S/C16H22ClNO2/c17-14-9-12-5-8-20-16(12)13(10-14)11-18-6-4-15-3-1-2-7-19-15/h9-10,15,18H,1-8,11H2. The summed E-state index contributed by atoms with van der Waals surface area (Å²) < 4.78 is 11.4. The van der Waals surface area contributed by atoms with Gasteiger partial charge in [0.1, 0.15) is 5.75 Å². The van der Waals surface area contributed by atoms with Gasteiger partial charge in [-0.2, -0.15) is 0 Å². The van der Waals surface area contributed by atoms with E-state index < -0.39 is 0 Å². The quantitative estimate of drug-likeness (QED) is 0.845. The maximum absolute atomic E-state index is 6.16. The van der Waals surface area contributed by atoms with Crippen molar-refractivity contribution >= 4 is 11.6 Å².